The number of carbonyl (C=O) groups is 2. The van der Waals surface area contributed by atoms with Crippen LogP contribution >= 0.6 is 11.6 Å². The molecule has 0 aliphatic rings. The van der Waals surface area contributed by atoms with Crippen molar-refractivity contribution < 1.29 is 14.3 Å². The minimum absolute atomic E-state index is 0.117. The van der Waals surface area contributed by atoms with E-state index in [-0.39, 0.29) is 11.7 Å². The van der Waals surface area contributed by atoms with Crippen LogP contribution in [-0.4, -0.2) is 40.7 Å². The molecule has 0 spiro atoms. The molecule has 7 nitrogen and oxygen atoms in total. The van der Waals surface area contributed by atoms with Gasteiger partial charge in [0.1, 0.15) is 0 Å². The summed E-state index contributed by atoms with van der Waals surface area (Å²) in [4.78, 5) is 24.7. The van der Waals surface area contributed by atoms with Gasteiger partial charge in [0.25, 0.3) is 0 Å². The van der Waals surface area contributed by atoms with E-state index in [1.807, 2.05) is 32.0 Å². The summed E-state index contributed by atoms with van der Waals surface area (Å²) in [6, 6.07) is 9.10. The highest BCUT2D eigenvalue weighted by Gasteiger charge is 2.28. The summed E-state index contributed by atoms with van der Waals surface area (Å²) in [7, 11) is 0. The van der Waals surface area contributed by atoms with Gasteiger partial charge in [-0.25, -0.2) is 0 Å². The summed E-state index contributed by atoms with van der Waals surface area (Å²) in [6.45, 7) is 5.07. The summed E-state index contributed by atoms with van der Waals surface area (Å²) in [5.74, 6) is -2.61. The van der Waals surface area contributed by atoms with Crippen molar-refractivity contribution in [2.24, 2.45) is 5.92 Å². The third kappa shape index (κ3) is 6.19. The lowest BCUT2D eigenvalue weighted by molar-refractivity contribution is -0.122. The van der Waals surface area contributed by atoms with Crippen LogP contribution in [-0.2, 0) is 16.1 Å². The second-order valence-electron chi connectivity index (χ2n) is 6.51. The maximum Gasteiger partial charge on any atom is 0.245 e. The molecule has 28 heavy (non-hydrogen) atoms. The van der Waals surface area contributed by atoms with Crippen LogP contribution in [0.15, 0.2) is 36.7 Å². The van der Waals surface area contributed by atoms with Crippen LogP contribution in [0.3, 0.4) is 0 Å². The van der Waals surface area contributed by atoms with E-state index >= 15 is 0 Å². The molecule has 1 unspecified atom stereocenters. The number of nitrogens with one attached hydrogen (secondary N) is 1. The molecule has 0 aliphatic carbocycles. The molecule has 1 amide bonds. The molecule has 0 radical (unpaired) electrons. The Bertz CT molecular complexity index is 857. The fraction of sp³-hybridized carbons (Fsp3) is 0.400. The van der Waals surface area contributed by atoms with Gasteiger partial charge in [0.05, 0.1) is 30.5 Å². The molecule has 0 saturated heterocycles. The quantitative estimate of drug-likeness (QED) is 0.374. The number of nitriles is 1. The largest absolute Gasteiger partial charge is 0.379 e. The van der Waals surface area contributed by atoms with Gasteiger partial charge in [0.15, 0.2) is 11.7 Å². The van der Waals surface area contributed by atoms with Gasteiger partial charge in [0.2, 0.25) is 5.91 Å². The van der Waals surface area contributed by atoms with Crippen LogP contribution in [0.5, 0.6) is 0 Å². The van der Waals surface area contributed by atoms with E-state index in [9.17, 15) is 14.9 Å². The number of amides is 1. The minimum Gasteiger partial charge on any atom is -0.379 e. The highest BCUT2D eigenvalue weighted by molar-refractivity contribution is 6.31. The SMILES string of the molecule is CC(C)OCCCNC(=O)C(C#N)C(=O)c1cnn(Cc2ccccc2Cl)c1. The van der Waals surface area contributed by atoms with Crippen LogP contribution in [0.1, 0.15) is 36.2 Å². The van der Waals surface area contributed by atoms with Crippen LogP contribution in [0.2, 0.25) is 5.02 Å². The normalized spacial score (nSPS) is 11.8. The van der Waals surface area contributed by atoms with Gasteiger partial charge < -0.3 is 10.1 Å². The van der Waals surface area contributed by atoms with Gasteiger partial charge in [-0.15, -0.1) is 0 Å². The predicted octanol–water partition coefficient (Wildman–Crippen LogP) is 2.84. The van der Waals surface area contributed by atoms with E-state index in [4.69, 9.17) is 16.3 Å². The first-order valence-corrected chi connectivity index (χ1v) is 9.39. The number of benzene rings is 1. The third-order valence-electron chi connectivity index (χ3n) is 3.93. The average Bonchev–Trinajstić information content (AvgIpc) is 3.12. The molecule has 1 aromatic carbocycles. The van der Waals surface area contributed by atoms with Crippen LogP contribution in [0, 0.1) is 17.2 Å². The lowest BCUT2D eigenvalue weighted by Crippen LogP contribution is -2.35. The lowest BCUT2D eigenvalue weighted by atomic mass is 10.0. The van der Waals surface area contributed by atoms with Crippen molar-refractivity contribution in [1.29, 1.82) is 5.26 Å². The topological polar surface area (TPSA) is 97.0 Å². The molecule has 2 aromatic rings. The summed E-state index contributed by atoms with van der Waals surface area (Å²) in [5.41, 5.74) is 1.06. The van der Waals surface area contributed by atoms with Gasteiger partial charge in [-0.05, 0) is 31.9 Å². The van der Waals surface area contributed by atoms with Gasteiger partial charge >= 0.3 is 0 Å². The zero-order chi connectivity index (χ0) is 20.5. The fourth-order valence-corrected chi connectivity index (χ4v) is 2.68. The third-order valence-corrected chi connectivity index (χ3v) is 4.30. The van der Waals surface area contributed by atoms with E-state index in [2.05, 4.69) is 10.4 Å². The summed E-state index contributed by atoms with van der Waals surface area (Å²) in [6.07, 6.45) is 3.59. The van der Waals surface area contributed by atoms with Gasteiger partial charge in [-0.3, -0.25) is 14.3 Å². The molecule has 8 heteroatoms. The summed E-state index contributed by atoms with van der Waals surface area (Å²) in [5, 5.41) is 16.6. The van der Waals surface area contributed by atoms with Gasteiger partial charge in [0, 0.05) is 24.4 Å². The first-order chi connectivity index (χ1) is 13.4. The number of ketones is 1. The molecular formula is C20H23ClN4O3. The van der Waals surface area contributed by atoms with Crippen LogP contribution < -0.4 is 5.32 Å². The lowest BCUT2D eigenvalue weighted by Gasteiger charge is -2.10. The van der Waals surface area contributed by atoms with Crippen LogP contribution in [0.4, 0.5) is 0 Å². The van der Waals surface area contributed by atoms with Crippen molar-refractivity contribution in [3.63, 3.8) is 0 Å². The van der Waals surface area contributed by atoms with Gasteiger partial charge in [-0.2, -0.15) is 10.4 Å². The Kier molecular flexibility index (Phi) is 8.18. The maximum absolute atomic E-state index is 12.5. The second-order valence-corrected chi connectivity index (χ2v) is 6.92. The molecule has 0 saturated carbocycles. The van der Waals surface area contributed by atoms with E-state index in [0.29, 0.717) is 31.1 Å². The average molecular weight is 403 g/mol. The molecule has 0 aliphatic heterocycles. The maximum atomic E-state index is 12.5. The van der Waals surface area contributed by atoms with E-state index in [1.165, 1.54) is 12.4 Å². The molecule has 0 bridgehead atoms. The van der Waals surface area contributed by atoms with Crippen molar-refractivity contribution in [2.45, 2.75) is 32.9 Å². The van der Waals surface area contributed by atoms with E-state index < -0.39 is 17.6 Å². The molecule has 1 N–H and O–H groups in total. The molecule has 0 fully saturated rings. The number of hydrogen-bond donors (Lipinski definition) is 1. The standard InChI is InChI=1S/C20H23ClN4O3/c1-14(2)28-9-5-8-23-20(27)17(10-22)19(26)16-11-24-25(13-16)12-15-6-3-4-7-18(15)21/h3-4,6-7,11,13-14,17H,5,8-9,12H2,1-2H3,(H,23,27). The zero-order valence-electron chi connectivity index (χ0n) is 15.9. The number of carbonyl (C=O) groups excluding carboxylic acids is 2. The highest BCUT2D eigenvalue weighted by Crippen LogP contribution is 2.16. The highest BCUT2D eigenvalue weighted by atomic mass is 35.5. The van der Waals surface area contributed by atoms with E-state index in [1.54, 1.807) is 16.8 Å². The number of nitrogens with zero attached hydrogens (tertiary/aromatic N) is 3. The van der Waals surface area contributed by atoms with Crippen molar-refractivity contribution in [2.75, 3.05) is 13.2 Å². The van der Waals surface area contributed by atoms with Crippen molar-refractivity contribution >= 4 is 23.3 Å². The molecule has 1 aromatic heterocycles. The zero-order valence-corrected chi connectivity index (χ0v) is 16.6. The molecular weight excluding hydrogens is 380 g/mol. The Morgan fingerprint density at radius 3 is 2.79 bits per heavy atom. The molecule has 2 rings (SSSR count). The van der Waals surface area contributed by atoms with Gasteiger partial charge in [-0.1, -0.05) is 29.8 Å². The van der Waals surface area contributed by atoms with Crippen molar-refractivity contribution in [1.82, 2.24) is 15.1 Å². The number of rotatable bonds is 10. The van der Waals surface area contributed by atoms with Crippen molar-refractivity contribution in [3.05, 3.63) is 52.8 Å². The Hall–Kier alpha value is -2.69. The Morgan fingerprint density at radius 2 is 2.11 bits per heavy atom. The number of ether oxygens (including phenoxy) is 1. The second kappa shape index (κ2) is 10.6. The van der Waals surface area contributed by atoms with E-state index in [0.717, 1.165) is 5.56 Å². The minimum atomic E-state index is -1.41. The van der Waals surface area contributed by atoms with Crippen LogP contribution in [0.25, 0.3) is 0 Å². The number of hydrogen-bond acceptors (Lipinski definition) is 5. The fourth-order valence-electron chi connectivity index (χ4n) is 2.49. The molecule has 1 atom stereocenters. The summed E-state index contributed by atoms with van der Waals surface area (Å²) < 4.78 is 6.93. The predicted molar refractivity (Wildman–Crippen MR) is 105 cm³/mol. The first kappa shape index (κ1) is 21.6. The number of Topliss-reactive ketones (excluding diaryl/α,β-unsaturated/α-hetero) is 1. The molecule has 1 heterocycles. The Labute approximate surface area is 169 Å². The summed E-state index contributed by atoms with van der Waals surface area (Å²) >= 11 is 6.13. The number of aromatic nitrogens is 2. The van der Waals surface area contributed by atoms with Crippen molar-refractivity contribution in [3.8, 4) is 6.07 Å². The number of halogens is 1. The Morgan fingerprint density at radius 1 is 1.36 bits per heavy atom. The first-order valence-electron chi connectivity index (χ1n) is 9.01. The smallest absolute Gasteiger partial charge is 0.245 e. The monoisotopic (exact) mass is 402 g/mol. The Balaban J connectivity index is 1.94. The molecule has 148 valence electrons.